The van der Waals surface area contributed by atoms with Crippen LogP contribution in [0.5, 0.6) is 0 Å². The summed E-state index contributed by atoms with van der Waals surface area (Å²) in [7, 11) is 0. The molecule has 0 radical (unpaired) electrons. The van der Waals surface area contributed by atoms with Crippen LogP contribution in [0.3, 0.4) is 0 Å². The van der Waals surface area contributed by atoms with Crippen molar-refractivity contribution < 1.29 is 9.21 Å². The number of carbonyl (C=O) groups is 1. The average Bonchev–Trinajstić information content (AvgIpc) is 3.22. The van der Waals surface area contributed by atoms with Gasteiger partial charge in [0.05, 0.1) is 17.6 Å². The minimum absolute atomic E-state index is 0.0321. The summed E-state index contributed by atoms with van der Waals surface area (Å²) >= 11 is 1.67. The van der Waals surface area contributed by atoms with Crippen LogP contribution < -0.4 is 5.56 Å². The van der Waals surface area contributed by atoms with Crippen molar-refractivity contribution in [1.82, 2.24) is 9.47 Å². The van der Waals surface area contributed by atoms with Crippen LogP contribution in [0.15, 0.2) is 68.9 Å². The number of furan rings is 1. The zero-order chi connectivity index (χ0) is 20.7. The minimum atomic E-state index is 0.0321. The van der Waals surface area contributed by atoms with Crippen molar-refractivity contribution >= 4 is 17.7 Å². The summed E-state index contributed by atoms with van der Waals surface area (Å²) in [6.07, 6.45) is 2.65. The van der Waals surface area contributed by atoms with Crippen LogP contribution in [-0.2, 0) is 12.3 Å². The molecule has 3 aromatic rings. The van der Waals surface area contributed by atoms with Gasteiger partial charge in [-0.05, 0) is 43.5 Å². The molecule has 1 aromatic carbocycles. The Balaban J connectivity index is 1.32. The van der Waals surface area contributed by atoms with Crippen molar-refractivity contribution in [3.63, 3.8) is 0 Å². The fraction of sp³-hybridized carbons (Fsp3) is 0.333. The third-order valence-corrected chi connectivity index (χ3v) is 7.15. The number of rotatable bonds is 4. The van der Waals surface area contributed by atoms with Crippen molar-refractivity contribution in [2.45, 2.75) is 36.5 Å². The zero-order valence-electron chi connectivity index (χ0n) is 16.9. The lowest BCUT2D eigenvalue weighted by Gasteiger charge is -2.42. The van der Waals surface area contributed by atoms with Crippen LogP contribution in [0.25, 0.3) is 0 Å². The monoisotopic (exact) mass is 420 g/mol. The predicted molar refractivity (Wildman–Crippen MR) is 117 cm³/mol. The molecule has 0 saturated carbocycles. The van der Waals surface area contributed by atoms with E-state index in [-0.39, 0.29) is 17.4 Å². The number of hydrogen-bond donors (Lipinski definition) is 0. The number of aromatic nitrogens is 1. The van der Waals surface area contributed by atoms with E-state index in [0.29, 0.717) is 36.9 Å². The number of carbonyl (C=O) groups excluding carboxylic acids is 1. The zero-order valence-corrected chi connectivity index (χ0v) is 17.7. The second kappa shape index (κ2) is 7.84. The number of thioether (sulfide) groups is 1. The maximum atomic E-state index is 13.3. The van der Waals surface area contributed by atoms with E-state index >= 15 is 0 Å². The van der Waals surface area contributed by atoms with Crippen molar-refractivity contribution in [1.29, 1.82) is 0 Å². The molecule has 1 fully saturated rings. The van der Waals surface area contributed by atoms with Gasteiger partial charge in [0.25, 0.3) is 11.5 Å². The summed E-state index contributed by atoms with van der Waals surface area (Å²) in [6, 6.07) is 15.6. The molecule has 4 heterocycles. The largest absolute Gasteiger partial charge is 0.468 e. The number of fused-ring (bicyclic) bond motifs is 4. The van der Waals surface area contributed by atoms with E-state index in [1.54, 1.807) is 30.2 Å². The third-order valence-electron chi connectivity index (χ3n) is 6.13. The van der Waals surface area contributed by atoms with E-state index in [1.165, 1.54) is 5.56 Å². The molecular weight excluding hydrogens is 396 g/mol. The van der Waals surface area contributed by atoms with Gasteiger partial charge in [-0.3, -0.25) is 9.59 Å². The highest BCUT2D eigenvalue weighted by atomic mass is 32.2. The summed E-state index contributed by atoms with van der Waals surface area (Å²) < 4.78 is 7.57. The first-order valence-electron chi connectivity index (χ1n) is 10.3. The van der Waals surface area contributed by atoms with E-state index in [1.807, 2.05) is 21.6 Å². The van der Waals surface area contributed by atoms with Gasteiger partial charge in [-0.15, -0.1) is 11.8 Å². The van der Waals surface area contributed by atoms with Gasteiger partial charge in [0.15, 0.2) is 0 Å². The highest BCUT2D eigenvalue weighted by molar-refractivity contribution is 7.98. The highest BCUT2D eigenvalue weighted by Gasteiger charge is 2.37. The molecule has 1 saturated heterocycles. The summed E-state index contributed by atoms with van der Waals surface area (Å²) in [4.78, 5) is 28.7. The van der Waals surface area contributed by atoms with Gasteiger partial charge in [0, 0.05) is 42.2 Å². The van der Waals surface area contributed by atoms with Gasteiger partial charge in [0.1, 0.15) is 5.76 Å². The maximum Gasteiger partial charge on any atom is 0.257 e. The molecule has 5 rings (SSSR count). The average molecular weight is 421 g/mol. The predicted octanol–water partition coefficient (Wildman–Crippen LogP) is 4.30. The van der Waals surface area contributed by atoms with Crippen LogP contribution in [-0.4, -0.2) is 28.5 Å². The molecule has 154 valence electrons. The summed E-state index contributed by atoms with van der Waals surface area (Å²) in [5.41, 5.74) is 3.00. The highest BCUT2D eigenvalue weighted by Crippen LogP contribution is 2.36. The Hall–Kier alpha value is -2.73. The molecule has 6 heteroatoms. The second-order valence-corrected chi connectivity index (χ2v) is 9.32. The topological polar surface area (TPSA) is 55.5 Å². The lowest BCUT2D eigenvalue weighted by Crippen LogP contribution is -2.49. The van der Waals surface area contributed by atoms with Gasteiger partial charge in [-0.2, -0.15) is 0 Å². The molecule has 5 nitrogen and oxygen atoms in total. The van der Waals surface area contributed by atoms with Crippen LogP contribution in [0.4, 0.5) is 0 Å². The summed E-state index contributed by atoms with van der Waals surface area (Å²) in [5.74, 6) is 1.91. The van der Waals surface area contributed by atoms with Gasteiger partial charge in [-0.1, -0.05) is 23.8 Å². The summed E-state index contributed by atoms with van der Waals surface area (Å²) in [5, 5.41) is 0. The molecule has 1 amide bonds. The Kier molecular flexibility index (Phi) is 5.03. The number of pyridine rings is 1. The molecule has 2 aliphatic rings. The van der Waals surface area contributed by atoms with Crippen molar-refractivity contribution in [2.24, 2.45) is 5.92 Å². The fourth-order valence-corrected chi connectivity index (χ4v) is 5.51. The fourth-order valence-electron chi connectivity index (χ4n) is 4.66. The number of hydrogen-bond acceptors (Lipinski definition) is 4. The first-order valence-corrected chi connectivity index (χ1v) is 11.3. The van der Waals surface area contributed by atoms with Gasteiger partial charge < -0.3 is 13.9 Å². The SMILES string of the molecule is Cc1ccc(SCc2occc2C(=O)N2CC3CC(C2)c2cccc(=O)n2C3)cc1. The van der Waals surface area contributed by atoms with E-state index in [0.717, 1.165) is 22.8 Å². The van der Waals surface area contributed by atoms with Crippen LogP contribution in [0.2, 0.25) is 0 Å². The minimum Gasteiger partial charge on any atom is -0.468 e. The Morgan fingerprint density at radius 1 is 1.10 bits per heavy atom. The molecule has 0 spiro atoms. The Bertz CT molecular complexity index is 1130. The van der Waals surface area contributed by atoms with Gasteiger partial charge in [0.2, 0.25) is 0 Å². The molecule has 2 unspecified atom stereocenters. The quantitative estimate of drug-likeness (QED) is 0.591. The molecule has 2 aromatic heterocycles. The summed E-state index contributed by atoms with van der Waals surface area (Å²) in [6.45, 7) is 4.09. The molecule has 2 atom stereocenters. The number of aryl methyl sites for hydroxylation is 1. The number of likely N-dealkylation sites (tertiary alicyclic amines) is 1. The van der Waals surface area contributed by atoms with Crippen LogP contribution >= 0.6 is 11.8 Å². The third kappa shape index (κ3) is 3.60. The number of piperidine rings is 1. The lowest BCUT2D eigenvalue weighted by molar-refractivity contribution is 0.0592. The molecule has 0 N–H and O–H groups in total. The van der Waals surface area contributed by atoms with E-state index in [2.05, 4.69) is 31.2 Å². The number of amides is 1. The standard InChI is InChI=1S/C24H24N2O3S/c1-16-5-7-19(8-6-16)30-15-22-20(9-10-29-22)24(28)25-12-17-11-18(14-25)21-3-2-4-23(27)26(21)13-17/h2-10,17-18H,11-15H2,1H3. The molecule has 30 heavy (non-hydrogen) atoms. The number of nitrogens with zero attached hydrogens (tertiary/aromatic N) is 2. The normalized spacial score (nSPS) is 20.1. The van der Waals surface area contributed by atoms with E-state index in [4.69, 9.17) is 4.42 Å². The Morgan fingerprint density at radius 2 is 1.93 bits per heavy atom. The first-order chi connectivity index (χ1) is 14.6. The number of benzene rings is 1. The van der Waals surface area contributed by atoms with Gasteiger partial charge >= 0.3 is 0 Å². The van der Waals surface area contributed by atoms with E-state index < -0.39 is 0 Å². The molecule has 2 aliphatic heterocycles. The molecular formula is C24H24N2O3S. The van der Waals surface area contributed by atoms with Crippen molar-refractivity contribution in [3.05, 3.63) is 87.7 Å². The lowest BCUT2D eigenvalue weighted by atomic mass is 9.83. The van der Waals surface area contributed by atoms with E-state index in [9.17, 15) is 9.59 Å². The molecule has 2 bridgehead atoms. The van der Waals surface area contributed by atoms with Crippen LogP contribution in [0.1, 0.15) is 39.7 Å². The van der Waals surface area contributed by atoms with Crippen LogP contribution in [0, 0.1) is 12.8 Å². The van der Waals surface area contributed by atoms with Crippen molar-refractivity contribution in [3.8, 4) is 0 Å². The second-order valence-electron chi connectivity index (χ2n) is 8.27. The first kappa shape index (κ1) is 19.2. The van der Waals surface area contributed by atoms with Crippen molar-refractivity contribution in [2.75, 3.05) is 13.1 Å². The Labute approximate surface area is 179 Å². The molecule has 0 aliphatic carbocycles. The maximum absolute atomic E-state index is 13.3. The smallest absolute Gasteiger partial charge is 0.257 e. The van der Waals surface area contributed by atoms with Gasteiger partial charge in [-0.25, -0.2) is 0 Å². The Morgan fingerprint density at radius 3 is 2.77 bits per heavy atom.